The minimum Gasteiger partial charge on any atom is -0.351 e. The van der Waals surface area contributed by atoms with Crippen molar-refractivity contribution in [2.24, 2.45) is 5.73 Å². The molecule has 0 aromatic carbocycles. The van der Waals surface area contributed by atoms with Crippen LogP contribution in [0.5, 0.6) is 0 Å². The number of nitrogens with zero attached hydrogens (tertiary/aromatic N) is 4. The minimum absolute atomic E-state index is 0.0377. The van der Waals surface area contributed by atoms with Crippen molar-refractivity contribution in [3.05, 3.63) is 0 Å². The Morgan fingerprint density at radius 1 is 1.56 bits per heavy atom. The molecule has 3 amide bonds. The molecule has 0 spiro atoms. The fraction of sp³-hybridized carbons (Fsp3) is 0.571. The number of urea groups is 1. The van der Waals surface area contributed by atoms with Crippen LogP contribution in [-0.2, 0) is 4.79 Å². The number of imide groups is 1. The van der Waals surface area contributed by atoms with Crippen molar-refractivity contribution >= 4 is 23.7 Å². The second kappa shape index (κ2) is 5.45. The van der Waals surface area contributed by atoms with E-state index in [-0.39, 0.29) is 11.8 Å². The second-order valence-electron chi connectivity index (χ2n) is 3.20. The van der Waals surface area contributed by atoms with Crippen LogP contribution in [0.25, 0.3) is 0 Å². The predicted octanol–water partition coefficient (Wildman–Crippen LogP) is -0.459. The van der Waals surface area contributed by atoms with Crippen molar-refractivity contribution in [2.75, 3.05) is 5.75 Å². The first kappa shape index (κ1) is 12.4. The molecule has 8 nitrogen and oxygen atoms in total. The van der Waals surface area contributed by atoms with Crippen LogP contribution in [0.4, 0.5) is 4.79 Å². The normalized spacial score (nSPS) is 10.4. The molecule has 0 saturated carbocycles. The van der Waals surface area contributed by atoms with Gasteiger partial charge < -0.3 is 5.73 Å². The van der Waals surface area contributed by atoms with Gasteiger partial charge in [-0.25, -0.2) is 9.48 Å². The summed E-state index contributed by atoms with van der Waals surface area (Å²) in [6.07, 6.45) is 0. The van der Waals surface area contributed by atoms with Crippen LogP contribution in [0.2, 0.25) is 0 Å². The van der Waals surface area contributed by atoms with E-state index in [4.69, 9.17) is 5.73 Å². The molecule has 0 fully saturated rings. The highest BCUT2D eigenvalue weighted by Gasteiger charge is 2.12. The Morgan fingerprint density at radius 2 is 2.25 bits per heavy atom. The summed E-state index contributed by atoms with van der Waals surface area (Å²) in [7, 11) is 0. The van der Waals surface area contributed by atoms with E-state index in [0.29, 0.717) is 5.16 Å². The van der Waals surface area contributed by atoms with E-state index in [1.165, 1.54) is 0 Å². The quantitative estimate of drug-likeness (QED) is 0.692. The average molecular weight is 244 g/mol. The van der Waals surface area contributed by atoms with E-state index in [9.17, 15) is 9.59 Å². The van der Waals surface area contributed by atoms with Crippen LogP contribution in [0.1, 0.15) is 19.9 Å². The minimum atomic E-state index is -0.867. The highest BCUT2D eigenvalue weighted by molar-refractivity contribution is 7.99. The van der Waals surface area contributed by atoms with Crippen molar-refractivity contribution in [3.8, 4) is 0 Å². The van der Waals surface area contributed by atoms with Crippen LogP contribution in [-0.4, -0.2) is 37.9 Å². The third kappa shape index (κ3) is 3.50. The van der Waals surface area contributed by atoms with E-state index in [1.54, 1.807) is 4.68 Å². The van der Waals surface area contributed by atoms with Gasteiger partial charge >= 0.3 is 6.03 Å². The highest BCUT2D eigenvalue weighted by atomic mass is 32.2. The third-order valence-electron chi connectivity index (χ3n) is 1.55. The number of nitrogens with one attached hydrogen (secondary N) is 1. The number of aromatic nitrogens is 4. The molecule has 0 aliphatic heterocycles. The van der Waals surface area contributed by atoms with Crippen molar-refractivity contribution < 1.29 is 9.59 Å². The van der Waals surface area contributed by atoms with E-state index in [0.717, 1.165) is 11.8 Å². The molecule has 3 N–H and O–H groups in total. The van der Waals surface area contributed by atoms with Crippen LogP contribution in [0.15, 0.2) is 5.16 Å². The average Bonchev–Trinajstić information content (AvgIpc) is 2.61. The molecule has 0 radical (unpaired) electrons. The number of rotatable bonds is 4. The van der Waals surface area contributed by atoms with Gasteiger partial charge in [0.05, 0.1) is 11.8 Å². The molecule has 88 valence electrons. The summed E-state index contributed by atoms with van der Waals surface area (Å²) < 4.78 is 1.59. The SMILES string of the molecule is CC(C)n1nnnc1SCC(=O)NC(N)=O. The predicted molar refractivity (Wildman–Crippen MR) is 56.7 cm³/mol. The van der Waals surface area contributed by atoms with Gasteiger partial charge in [0.25, 0.3) is 0 Å². The van der Waals surface area contributed by atoms with Crippen LogP contribution < -0.4 is 11.1 Å². The summed E-state index contributed by atoms with van der Waals surface area (Å²) in [5.74, 6) is -0.438. The molecule has 16 heavy (non-hydrogen) atoms. The van der Waals surface area contributed by atoms with Crippen LogP contribution in [0, 0.1) is 0 Å². The lowest BCUT2D eigenvalue weighted by Crippen LogP contribution is -2.36. The van der Waals surface area contributed by atoms with Gasteiger partial charge in [-0.05, 0) is 24.3 Å². The first-order chi connectivity index (χ1) is 7.50. The highest BCUT2D eigenvalue weighted by Crippen LogP contribution is 2.16. The Bertz CT molecular complexity index is 390. The number of hydrogen-bond acceptors (Lipinski definition) is 6. The third-order valence-corrected chi connectivity index (χ3v) is 2.48. The lowest BCUT2D eigenvalue weighted by atomic mass is 10.4. The zero-order valence-corrected chi connectivity index (χ0v) is 9.69. The van der Waals surface area contributed by atoms with Gasteiger partial charge in [0, 0.05) is 0 Å². The van der Waals surface area contributed by atoms with E-state index in [1.807, 2.05) is 19.2 Å². The number of tetrazole rings is 1. The summed E-state index contributed by atoms with van der Waals surface area (Å²) in [6, 6.07) is -0.759. The first-order valence-electron chi connectivity index (χ1n) is 4.50. The molecule has 0 unspecified atom stereocenters. The Hall–Kier alpha value is -1.64. The Morgan fingerprint density at radius 3 is 2.81 bits per heavy atom. The van der Waals surface area contributed by atoms with Gasteiger partial charge in [-0.3, -0.25) is 10.1 Å². The van der Waals surface area contributed by atoms with Crippen molar-refractivity contribution in [1.29, 1.82) is 0 Å². The number of nitrogens with two attached hydrogens (primary N) is 1. The second-order valence-corrected chi connectivity index (χ2v) is 4.14. The Kier molecular flexibility index (Phi) is 4.23. The number of amides is 3. The number of thioether (sulfide) groups is 1. The Balaban J connectivity index is 2.51. The molecule has 0 saturated heterocycles. The van der Waals surface area contributed by atoms with Gasteiger partial charge in [0.1, 0.15) is 0 Å². The number of hydrogen-bond donors (Lipinski definition) is 2. The van der Waals surface area contributed by atoms with Gasteiger partial charge in [-0.2, -0.15) is 0 Å². The van der Waals surface area contributed by atoms with E-state index < -0.39 is 11.9 Å². The van der Waals surface area contributed by atoms with E-state index >= 15 is 0 Å². The first-order valence-corrected chi connectivity index (χ1v) is 5.49. The van der Waals surface area contributed by atoms with E-state index in [2.05, 4.69) is 15.5 Å². The monoisotopic (exact) mass is 244 g/mol. The number of carbonyl (C=O) groups is 2. The Labute approximate surface area is 95.9 Å². The summed E-state index contributed by atoms with van der Waals surface area (Å²) in [4.78, 5) is 21.5. The van der Waals surface area contributed by atoms with Crippen molar-refractivity contribution in [2.45, 2.75) is 25.0 Å². The largest absolute Gasteiger partial charge is 0.351 e. The topological polar surface area (TPSA) is 116 Å². The standard InChI is InChI=1S/C7H12N6O2S/c1-4(2)13-7(10-11-12-13)16-3-5(14)9-6(8)15/h4H,3H2,1-2H3,(H3,8,9,14,15). The van der Waals surface area contributed by atoms with Crippen molar-refractivity contribution in [3.63, 3.8) is 0 Å². The summed E-state index contributed by atoms with van der Waals surface area (Å²) in [5.41, 5.74) is 4.79. The van der Waals surface area contributed by atoms with Gasteiger partial charge in [-0.1, -0.05) is 11.8 Å². The molecule has 1 heterocycles. The molecular formula is C7H12N6O2S. The van der Waals surface area contributed by atoms with Crippen LogP contribution >= 0.6 is 11.8 Å². The number of primary amides is 1. The van der Waals surface area contributed by atoms with Crippen molar-refractivity contribution in [1.82, 2.24) is 25.5 Å². The fourth-order valence-corrected chi connectivity index (χ4v) is 1.71. The molecular weight excluding hydrogens is 232 g/mol. The maximum atomic E-state index is 11.1. The zero-order valence-electron chi connectivity index (χ0n) is 8.88. The molecule has 0 bridgehead atoms. The number of carbonyl (C=O) groups excluding carboxylic acids is 2. The molecule has 9 heteroatoms. The molecule has 0 aliphatic carbocycles. The molecule has 0 atom stereocenters. The summed E-state index contributed by atoms with van der Waals surface area (Å²) in [5, 5.41) is 13.5. The maximum absolute atomic E-state index is 11.1. The molecule has 1 aromatic heterocycles. The maximum Gasteiger partial charge on any atom is 0.318 e. The molecule has 1 rings (SSSR count). The van der Waals surface area contributed by atoms with Gasteiger partial charge in [-0.15, -0.1) is 5.10 Å². The summed E-state index contributed by atoms with van der Waals surface area (Å²) in [6.45, 7) is 3.84. The molecule has 1 aromatic rings. The van der Waals surface area contributed by atoms with Crippen LogP contribution in [0.3, 0.4) is 0 Å². The van der Waals surface area contributed by atoms with Gasteiger partial charge in [0.15, 0.2) is 0 Å². The zero-order chi connectivity index (χ0) is 12.1. The summed E-state index contributed by atoms with van der Waals surface area (Å²) >= 11 is 1.14. The smallest absolute Gasteiger partial charge is 0.318 e. The lowest BCUT2D eigenvalue weighted by molar-refractivity contribution is -0.117. The molecule has 0 aliphatic rings. The van der Waals surface area contributed by atoms with Gasteiger partial charge in [0.2, 0.25) is 11.1 Å². The lowest BCUT2D eigenvalue weighted by Gasteiger charge is -2.06. The fourth-order valence-electron chi connectivity index (χ4n) is 0.908.